The van der Waals surface area contributed by atoms with Crippen LogP contribution in [0.3, 0.4) is 0 Å². The van der Waals surface area contributed by atoms with Crippen molar-refractivity contribution in [3.63, 3.8) is 0 Å². The summed E-state index contributed by atoms with van der Waals surface area (Å²) in [6.45, 7) is 5.67. The number of aryl methyl sites for hydroxylation is 1. The number of hydrogen-bond donors (Lipinski definition) is 1. The smallest absolute Gasteiger partial charge is 0.250 e. The van der Waals surface area contributed by atoms with Crippen molar-refractivity contribution >= 4 is 5.69 Å². The van der Waals surface area contributed by atoms with E-state index in [4.69, 9.17) is 4.74 Å². The van der Waals surface area contributed by atoms with Crippen LogP contribution in [0.1, 0.15) is 26.7 Å². The third kappa shape index (κ3) is 4.61. The van der Waals surface area contributed by atoms with Crippen molar-refractivity contribution in [1.82, 2.24) is 4.57 Å². The maximum atomic E-state index is 11.5. The van der Waals surface area contributed by atoms with E-state index in [1.165, 1.54) is 0 Å². The van der Waals surface area contributed by atoms with Crippen LogP contribution in [0.2, 0.25) is 0 Å². The molecule has 1 unspecified atom stereocenters. The summed E-state index contributed by atoms with van der Waals surface area (Å²) in [5, 5.41) is 3.36. The van der Waals surface area contributed by atoms with Gasteiger partial charge < -0.3 is 14.6 Å². The average Bonchev–Trinajstić information content (AvgIpc) is 2.31. The van der Waals surface area contributed by atoms with Crippen molar-refractivity contribution in [2.24, 2.45) is 0 Å². The minimum Gasteiger partial charge on any atom is -0.385 e. The minimum atomic E-state index is 0.0574. The van der Waals surface area contributed by atoms with Crippen molar-refractivity contribution in [3.8, 4) is 0 Å². The standard InChI is InChI=1S/C13H22N2O2/c1-4-8-15-10-12(5-6-13(15)16)14-11(2)7-9-17-3/h5-6,10-11,14H,4,7-9H2,1-3H3. The first-order valence-electron chi connectivity index (χ1n) is 6.13. The Morgan fingerprint density at radius 3 is 2.88 bits per heavy atom. The van der Waals surface area contributed by atoms with Gasteiger partial charge in [-0.3, -0.25) is 4.79 Å². The van der Waals surface area contributed by atoms with E-state index in [9.17, 15) is 4.79 Å². The largest absolute Gasteiger partial charge is 0.385 e. The second-order valence-electron chi connectivity index (χ2n) is 4.28. The van der Waals surface area contributed by atoms with Crippen molar-refractivity contribution in [1.29, 1.82) is 0 Å². The SMILES string of the molecule is CCCn1cc(NC(C)CCOC)ccc1=O. The lowest BCUT2D eigenvalue weighted by atomic mass is 10.2. The summed E-state index contributed by atoms with van der Waals surface area (Å²) in [5.74, 6) is 0. The van der Waals surface area contributed by atoms with Crippen molar-refractivity contribution in [2.75, 3.05) is 19.0 Å². The highest BCUT2D eigenvalue weighted by atomic mass is 16.5. The normalized spacial score (nSPS) is 12.4. The van der Waals surface area contributed by atoms with Crippen LogP contribution in [0, 0.1) is 0 Å². The first-order chi connectivity index (χ1) is 8.17. The molecule has 1 atom stereocenters. The van der Waals surface area contributed by atoms with E-state index < -0.39 is 0 Å². The fraction of sp³-hybridized carbons (Fsp3) is 0.615. The number of hydrogen-bond acceptors (Lipinski definition) is 3. The molecule has 0 aliphatic rings. The molecule has 4 nitrogen and oxygen atoms in total. The van der Waals surface area contributed by atoms with E-state index in [2.05, 4.69) is 19.2 Å². The van der Waals surface area contributed by atoms with Gasteiger partial charge in [-0.25, -0.2) is 0 Å². The van der Waals surface area contributed by atoms with Gasteiger partial charge in [0.05, 0.1) is 5.69 Å². The summed E-state index contributed by atoms with van der Waals surface area (Å²) in [6.07, 6.45) is 3.79. The monoisotopic (exact) mass is 238 g/mol. The molecule has 0 amide bonds. The molecule has 0 saturated heterocycles. The van der Waals surface area contributed by atoms with E-state index in [1.54, 1.807) is 17.7 Å². The van der Waals surface area contributed by atoms with Crippen molar-refractivity contribution in [3.05, 3.63) is 28.7 Å². The Morgan fingerprint density at radius 2 is 2.24 bits per heavy atom. The highest BCUT2D eigenvalue weighted by molar-refractivity contribution is 5.41. The van der Waals surface area contributed by atoms with Gasteiger partial charge >= 0.3 is 0 Å². The molecule has 0 bridgehead atoms. The Morgan fingerprint density at radius 1 is 1.47 bits per heavy atom. The molecule has 0 radical (unpaired) electrons. The van der Waals surface area contributed by atoms with Crippen LogP contribution >= 0.6 is 0 Å². The Bertz CT molecular complexity index is 387. The highest BCUT2D eigenvalue weighted by Crippen LogP contribution is 2.07. The Balaban J connectivity index is 2.65. The first kappa shape index (κ1) is 13.8. The van der Waals surface area contributed by atoms with Crippen LogP contribution in [-0.4, -0.2) is 24.3 Å². The van der Waals surface area contributed by atoms with Crippen LogP contribution in [0.25, 0.3) is 0 Å². The van der Waals surface area contributed by atoms with Crippen LogP contribution in [0.15, 0.2) is 23.1 Å². The van der Waals surface area contributed by atoms with E-state index in [-0.39, 0.29) is 5.56 Å². The Hall–Kier alpha value is -1.29. The van der Waals surface area contributed by atoms with E-state index >= 15 is 0 Å². The van der Waals surface area contributed by atoms with Gasteiger partial charge in [0.15, 0.2) is 0 Å². The van der Waals surface area contributed by atoms with Crippen molar-refractivity contribution in [2.45, 2.75) is 39.3 Å². The molecule has 17 heavy (non-hydrogen) atoms. The number of pyridine rings is 1. The van der Waals surface area contributed by atoms with Gasteiger partial charge in [-0.1, -0.05) is 6.92 Å². The molecule has 96 valence electrons. The summed E-state index contributed by atoms with van der Waals surface area (Å²) in [5.41, 5.74) is 1.04. The van der Waals surface area contributed by atoms with Crippen LogP contribution < -0.4 is 10.9 Å². The second kappa shape index (κ2) is 7.12. The number of nitrogens with one attached hydrogen (secondary N) is 1. The molecule has 1 N–H and O–H groups in total. The molecular formula is C13H22N2O2. The maximum absolute atomic E-state index is 11.5. The lowest BCUT2D eigenvalue weighted by Crippen LogP contribution is -2.22. The van der Waals surface area contributed by atoms with Gasteiger partial charge in [-0.05, 0) is 25.8 Å². The zero-order chi connectivity index (χ0) is 12.7. The summed E-state index contributed by atoms with van der Waals surface area (Å²) in [6, 6.07) is 3.78. The van der Waals surface area contributed by atoms with Gasteiger partial charge in [-0.15, -0.1) is 0 Å². The summed E-state index contributed by atoms with van der Waals surface area (Å²) < 4.78 is 6.78. The molecule has 1 rings (SSSR count). The molecule has 1 heterocycles. The van der Waals surface area contributed by atoms with Crippen LogP contribution in [-0.2, 0) is 11.3 Å². The number of nitrogens with zero attached hydrogens (tertiary/aromatic N) is 1. The summed E-state index contributed by atoms with van der Waals surface area (Å²) >= 11 is 0. The number of aromatic nitrogens is 1. The number of rotatable bonds is 7. The Kier molecular flexibility index (Phi) is 5.77. The van der Waals surface area contributed by atoms with Crippen molar-refractivity contribution < 1.29 is 4.74 Å². The molecule has 0 aliphatic carbocycles. The van der Waals surface area contributed by atoms with E-state index in [0.717, 1.165) is 31.7 Å². The average molecular weight is 238 g/mol. The highest BCUT2D eigenvalue weighted by Gasteiger charge is 2.03. The zero-order valence-electron chi connectivity index (χ0n) is 10.9. The molecule has 0 aliphatic heterocycles. The summed E-state index contributed by atoms with van der Waals surface area (Å²) in [4.78, 5) is 11.5. The fourth-order valence-electron chi connectivity index (χ4n) is 1.68. The van der Waals surface area contributed by atoms with Gasteiger partial charge in [0.25, 0.3) is 5.56 Å². The third-order valence-electron chi connectivity index (χ3n) is 2.62. The Labute approximate surface area is 103 Å². The predicted octanol–water partition coefficient (Wildman–Crippen LogP) is 2.10. The van der Waals surface area contributed by atoms with E-state index in [1.807, 2.05) is 12.3 Å². The lowest BCUT2D eigenvalue weighted by molar-refractivity contribution is 0.191. The predicted molar refractivity (Wildman–Crippen MR) is 70.6 cm³/mol. The molecule has 4 heteroatoms. The number of ether oxygens (including phenoxy) is 1. The first-order valence-corrected chi connectivity index (χ1v) is 6.13. The van der Waals surface area contributed by atoms with Gasteiger partial charge in [-0.2, -0.15) is 0 Å². The molecule has 1 aromatic rings. The quantitative estimate of drug-likeness (QED) is 0.791. The molecule has 0 saturated carbocycles. The molecule has 1 aromatic heterocycles. The molecule has 0 aromatic carbocycles. The number of anilines is 1. The fourth-order valence-corrected chi connectivity index (χ4v) is 1.68. The zero-order valence-corrected chi connectivity index (χ0v) is 10.9. The van der Waals surface area contributed by atoms with Crippen LogP contribution in [0.5, 0.6) is 0 Å². The number of methoxy groups -OCH3 is 1. The molecule has 0 spiro atoms. The van der Waals surface area contributed by atoms with Crippen LogP contribution in [0.4, 0.5) is 5.69 Å². The minimum absolute atomic E-state index is 0.0574. The topological polar surface area (TPSA) is 43.3 Å². The third-order valence-corrected chi connectivity index (χ3v) is 2.62. The molecule has 0 fully saturated rings. The van der Waals surface area contributed by atoms with Gasteiger partial charge in [0.2, 0.25) is 0 Å². The van der Waals surface area contributed by atoms with E-state index in [0.29, 0.717) is 6.04 Å². The maximum Gasteiger partial charge on any atom is 0.250 e. The lowest BCUT2D eigenvalue weighted by Gasteiger charge is -2.15. The molecular weight excluding hydrogens is 216 g/mol. The summed E-state index contributed by atoms with van der Waals surface area (Å²) in [7, 11) is 1.70. The van der Waals surface area contributed by atoms with Gasteiger partial charge in [0.1, 0.15) is 0 Å². The second-order valence-corrected chi connectivity index (χ2v) is 4.28. The van der Waals surface area contributed by atoms with Gasteiger partial charge in [0, 0.05) is 38.6 Å².